The number of aromatic nitrogens is 2. The number of rotatable bonds is 5. The minimum atomic E-state index is -4.92. The zero-order valence-electron chi connectivity index (χ0n) is 16.8. The van der Waals surface area contributed by atoms with Crippen LogP contribution in [0, 0.1) is 5.82 Å². The molecule has 0 bridgehead atoms. The fraction of sp³-hybridized carbons (Fsp3) is 0.474. The summed E-state index contributed by atoms with van der Waals surface area (Å²) in [6.45, 7) is -1.46. The second kappa shape index (κ2) is 8.95. The fourth-order valence-corrected chi connectivity index (χ4v) is 5.53. The molecule has 1 aliphatic carbocycles. The van der Waals surface area contributed by atoms with Crippen LogP contribution in [0.15, 0.2) is 35.4 Å². The number of carbonyl (C=O) groups excluding carboxylic acids is 1. The van der Waals surface area contributed by atoms with Gasteiger partial charge < -0.3 is 5.32 Å². The molecule has 1 fully saturated rings. The van der Waals surface area contributed by atoms with Crippen LogP contribution in [-0.4, -0.2) is 41.6 Å². The number of benzene rings is 1. The van der Waals surface area contributed by atoms with Gasteiger partial charge >= 0.3 is 12.4 Å². The van der Waals surface area contributed by atoms with Gasteiger partial charge in [-0.3, -0.25) is 9.48 Å². The highest BCUT2D eigenvalue weighted by Gasteiger charge is 2.37. The maximum Gasteiger partial charge on any atom is 0.416 e. The summed E-state index contributed by atoms with van der Waals surface area (Å²) in [4.78, 5) is 11.6. The lowest BCUT2D eigenvalue weighted by Gasteiger charge is -2.29. The number of hydrogen-bond donors (Lipinski definition) is 1. The van der Waals surface area contributed by atoms with E-state index in [1.165, 1.54) is 0 Å². The van der Waals surface area contributed by atoms with E-state index in [4.69, 9.17) is 0 Å². The Morgan fingerprint density at radius 2 is 1.70 bits per heavy atom. The van der Waals surface area contributed by atoms with Gasteiger partial charge in [0.25, 0.3) is 5.91 Å². The molecule has 33 heavy (non-hydrogen) atoms. The van der Waals surface area contributed by atoms with Gasteiger partial charge in [-0.05, 0) is 49.9 Å². The van der Waals surface area contributed by atoms with E-state index in [0.717, 1.165) is 12.3 Å². The summed E-state index contributed by atoms with van der Waals surface area (Å²) < 4.78 is 116. The summed E-state index contributed by atoms with van der Waals surface area (Å²) in [5.41, 5.74) is -1.74. The molecule has 1 amide bonds. The van der Waals surface area contributed by atoms with E-state index < -0.39 is 62.2 Å². The Morgan fingerprint density at radius 3 is 2.27 bits per heavy atom. The van der Waals surface area contributed by atoms with Crippen LogP contribution in [0.5, 0.6) is 0 Å². The molecule has 182 valence electrons. The normalized spacial score (nSPS) is 20.0. The Labute approximate surface area is 183 Å². The highest BCUT2D eigenvalue weighted by atomic mass is 32.2. The molecule has 0 aliphatic heterocycles. The van der Waals surface area contributed by atoms with Gasteiger partial charge in [0, 0.05) is 12.2 Å². The van der Waals surface area contributed by atoms with Crippen LogP contribution in [-0.2, 0) is 22.6 Å². The molecular weight excluding hydrogens is 483 g/mol. The van der Waals surface area contributed by atoms with Gasteiger partial charge in [0.15, 0.2) is 9.84 Å². The molecule has 0 saturated heterocycles. The monoisotopic (exact) mass is 501 g/mol. The first-order chi connectivity index (χ1) is 15.2. The molecule has 1 aromatic heterocycles. The van der Waals surface area contributed by atoms with Crippen molar-refractivity contribution in [3.05, 3.63) is 47.5 Å². The fourth-order valence-electron chi connectivity index (χ4n) is 3.68. The lowest BCUT2D eigenvalue weighted by atomic mass is 9.95. The number of carbonyl (C=O) groups is 1. The van der Waals surface area contributed by atoms with Crippen molar-refractivity contribution in [2.24, 2.45) is 0 Å². The van der Waals surface area contributed by atoms with Gasteiger partial charge in [-0.25, -0.2) is 12.8 Å². The predicted molar refractivity (Wildman–Crippen MR) is 100 cm³/mol. The number of sulfone groups is 1. The highest BCUT2D eigenvalue weighted by molar-refractivity contribution is 7.92. The number of amides is 1. The molecule has 0 atom stereocenters. The SMILES string of the molecule is O=C(N[C@H]1CC[C@H](S(=O)(=O)c2cc(F)cc(C(F)(F)F)c2)CC1)c1ccnn1CC(F)(F)F. The summed E-state index contributed by atoms with van der Waals surface area (Å²) in [5, 5.41) is 4.90. The molecule has 6 nitrogen and oxygen atoms in total. The Morgan fingerprint density at radius 1 is 1.06 bits per heavy atom. The Hall–Kier alpha value is -2.64. The average molecular weight is 501 g/mol. The van der Waals surface area contributed by atoms with Crippen molar-refractivity contribution in [3.8, 4) is 0 Å². The molecule has 1 heterocycles. The van der Waals surface area contributed by atoms with Crippen LogP contribution >= 0.6 is 0 Å². The number of nitrogens with zero attached hydrogens (tertiary/aromatic N) is 2. The van der Waals surface area contributed by atoms with Gasteiger partial charge in [-0.1, -0.05) is 0 Å². The van der Waals surface area contributed by atoms with Crippen molar-refractivity contribution in [1.82, 2.24) is 15.1 Å². The third-order valence-electron chi connectivity index (χ3n) is 5.25. The smallest absolute Gasteiger partial charge is 0.348 e. The minimum Gasteiger partial charge on any atom is -0.348 e. The third-order valence-corrected chi connectivity index (χ3v) is 7.50. The van der Waals surface area contributed by atoms with Gasteiger partial charge in [-0.15, -0.1) is 0 Å². The van der Waals surface area contributed by atoms with Crippen LogP contribution in [0.2, 0.25) is 0 Å². The van der Waals surface area contributed by atoms with Gasteiger partial charge in [-0.2, -0.15) is 31.4 Å². The topological polar surface area (TPSA) is 81.1 Å². The van der Waals surface area contributed by atoms with E-state index in [2.05, 4.69) is 10.4 Å². The Balaban J connectivity index is 1.66. The largest absolute Gasteiger partial charge is 0.416 e. The first-order valence-electron chi connectivity index (χ1n) is 9.68. The first-order valence-corrected chi connectivity index (χ1v) is 11.2. The summed E-state index contributed by atoms with van der Waals surface area (Å²) in [6.07, 6.45) is -8.31. The van der Waals surface area contributed by atoms with E-state index in [1.807, 2.05) is 0 Å². The molecule has 1 N–H and O–H groups in total. The van der Waals surface area contributed by atoms with E-state index in [1.54, 1.807) is 0 Å². The average Bonchev–Trinajstić information content (AvgIpc) is 3.13. The second-order valence-corrected chi connectivity index (χ2v) is 9.88. The maximum absolute atomic E-state index is 13.6. The van der Waals surface area contributed by atoms with Gasteiger partial charge in [0.1, 0.15) is 18.1 Å². The van der Waals surface area contributed by atoms with Crippen LogP contribution in [0.3, 0.4) is 0 Å². The predicted octanol–water partition coefficient (Wildman–Crippen LogP) is 4.12. The number of hydrogen-bond acceptors (Lipinski definition) is 4. The Bertz CT molecular complexity index is 1120. The van der Waals surface area contributed by atoms with Gasteiger partial charge in [0.2, 0.25) is 0 Å². The quantitative estimate of drug-likeness (QED) is 0.626. The summed E-state index contributed by atoms with van der Waals surface area (Å²) in [6, 6.07) is 1.67. The molecule has 1 saturated carbocycles. The van der Waals surface area contributed by atoms with Crippen LogP contribution in [0.4, 0.5) is 30.7 Å². The molecule has 3 rings (SSSR count). The molecule has 14 heteroatoms. The van der Waals surface area contributed by atoms with Crippen LogP contribution in [0.25, 0.3) is 0 Å². The molecule has 1 aromatic carbocycles. The van der Waals surface area contributed by atoms with Crippen molar-refractivity contribution in [1.29, 1.82) is 0 Å². The van der Waals surface area contributed by atoms with Crippen LogP contribution in [0.1, 0.15) is 41.7 Å². The Kier molecular flexibility index (Phi) is 6.78. The van der Waals surface area contributed by atoms with E-state index in [9.17, 15) is 43.9 Å². The van der Waals surface area contributed by atoms with E-state index in [-0.39, 0.29) is 37.4 Å². The van der Waals surface area contributed by atoms with Crippen LogP contribution < -0.4 is 5.32 Å². The summed E-state index contributed by atoms with van der Waals surface area (Å²) in [5.74, 6) is -2.15. The minimum absolute atomic E-state index is 0.0348. The molecule has 2 aromatic rings. The third kappa shape index (κ3) is 6.03. The zero-order valence-corrected chi connectivity index (χ0v) is 17.6. The molecule has 0 radical (unpaired) electrons. The standard InChI is InChI=1S/C19H18F7N3O3S/c20-12-7-11(19(24,25)26)8-15(9-12)33(31,32)14-3-1-13(2-4-14)28-17(30)16-5-6-27-29(16)10-18(21,22)23/h5-9,13-14H,1-4,10H2,(H,28,30)/t13-,14-. The lowest BCUT2D eigenvalue weighted by molar-refractivity contribution is -0.142. The highest BCUT2D eigenvalue weighted by Crippen LogP contribution is 2.34. The molecule has 0 spiro atoms. The first kappa shape index (κ1) is 25.0. The van der Waals surface area contributed by atoms with E-state index in [0.29, 0.717) is 16.8 Å². The van der Waals surface area contributed by atoms with Crippen molar-refractivity contribution in [2.75, 3.05) is 0 Å². The number of halogens is 7. The molecule has 1 aliphatic rings. The summed E-state index contributed by atoms with van der Waals surface area (Å²) >= 11 is 0. The van der Waals surface area contributed by atoms with Crippen molar-refractivity contribution in [2.45, 2.75) is 60.8 Å². The molecular formula is C19H18F7N3O3S. The molecule has 0 unspecified atom stereocenters. The van der Waals surface area contributed by atoms with Crippen molar-refractivity contribution in [3.63, 3.8) is 0 Å². The maximum atomic E-state index is 13.6. The van der Waals surface area contributed by atoms with Crippen molar-refractivity contribution < 1.29 is 43.9 Å². The van der Waals surface area contributed by atoms with Crippen molar-refractivity contribution >= 4 is 15.7 Å². The summed E-state index contributed by atoms with van der Waals surface area (Å²) in [7, 11) is -4.28. The number of alkyl halides is 6. The second-order valence-electron chi connectivity index (χ2n) is 7.65. The van der Waals surface area contributed by atoms with E-state index >= 15 is 0 Å². The number of nitrogens with one attached hydrogen (secondary N) is 1. The zero-order chi connectivity index (χ0) is 24.6. The lowest BCUT2D eigenvalue weighted by Crippen LogP contribution is -2.41. The van der Waals surface area contributed by atoms with Gasteiger partial charge in [0.05, 0.1) is 15.7 Å².